The third kappa shape index (κ3) is 4.64. The number of carbonyl (C=O) groups is 1. The molecule has 0 saturated carbocycles. The second-order valence-corrected chi connectivity index (χ2v) is 8.78. The molecule has 4 heterocycles. The van der Waals surface area contributed by atoms with Gasteiger partial charge < -0.3 is 14.7 Å². The quantitative estimate of drug-likeness (QED) is 0.585. The predicted molar refractivity (Wildman–Crippen MR) is 124 cm³/mol. The van der Waals surface area contributed by atoms with Crippen molar-refractivity contribution in [1.82, 2.24) is 24.9 Å². The van der Waals surface area contributed by atoms with Crippen molar-refractivity contribution < 1.29 is 9.18 Å². The third-order valence-corrected chi connectivity index (χ3v) is 6.69. The number of aromatic nitrogens is 4. The van der Waals surface area contributed by atoms with E-state index in [0.29, 0.717) is 32.0 Å². The van der Waals surface area contributed by atoms with Crippen LogP contribution in [-0.4, -0.2) is 70.1 Å². The Kier molecular flexibility index (Phi) is 6.13. The largest absolute Gasteiger partial charge is 0.368 e. The Morgan fingerprint density at radius 1 is 0.939 bits per heavy atom. The van der Waals surface area contributed by atoms with E-state index in [9.17, 15) is 9.18 Å². The molecule has 172 valence electrons. The summed E-state index contributed by atoms with van der Waals surface area (Å²) in [6, 6.07) is 10.5. The van der Waals surface area contributed by atoms with Crippen LogP contribution < -0.4 is 9.80 Å². The summed E-state index contributed by atoms with van der Waals surface area (Å²) in [6.45, 7) is 4.30. The molecule has 0 spiro atoms. The first-order valence-electron chi connectivity index (χ1n) is 11.2. The van der Waals surface area contributed by atoms with Gasteiger partial charge in [-0.25, -0.2) is 9.07 Å². The third-order valence-electron chi connectivity index (χ3n) is 6.40. The van der Waals surface area contributed by atoms with Crippen LogP contribution in [0.1, 0.15) is 12.8 Å². The van der Waals surface area contributed by atoms with E-state index in [1.54, 1.807) is 23.0 Å². The van der Waals surface area contributed by atoms with Crippen LogP contribution in [0.3, 0.4) is 0 Å². The molecule has 33 heavy (non-hydrogen) atoms. The van der Waals surface area contributed by atoms with Gasteiger partial charge in [0.2, 0.25) is 5.91 Å². The van der Waals surface area contributed by atoms with Crippen molar-refractivity contribution in [2.75, 3.05) is 49.1 Å². The van der Waals surface area contributed by atoms with Crippen molar-refractivity contribution in [3.63, 3.8) is 0 Å². The zero-order chi connectivity index (χ0) is 22.8. The summed E-state index contributed by atoms with van der Waals surface area (Å²) in [4.78, 5) is 19.4. The fourth-order valence-corrected chi connectivity index (χ4v) is 4.67. The van der Waals surface area contributed by atoms with E-state index in [1.807, 2.05) is 29.3 Å². The molecule has 5 rings (SSSR count). The molecule has 2 aliphatic heterocycles. The molecule has 1 amide bonds. The predicted octanol–water partition coefficient (Wildman–Crippen LogP) is 3.02. The fourth-order valence-electron chi connectivity index (χ4n) is 4.49. The molecule has 0 aliphatic carbocycles. The Hall–Kier alpha value is -3.20. The second-order valence-electron chi connectivity index (χ2n) is 8.37. The van der Waals surface area contributed by atoms with Crippen molar-refractivity contribution in [3.05, 3.63) is 59.6 Å². The SMILES string of the molecule is O=C(C1CCN(c2ccc(-n3cccn3)nn2)CC1)N1CCN(c2ccc(F)c(Cl)c2)CC1. The van der Waals surface area contributed by atoms with E-state index >= 15 is 0 Å². The molecular weight excluding hydrogens is 445 g/mol. The van der Waals surface area contributed by atoms with Crippen molar-refractivity contribution in [2.45, 2.75) is 12.8 Å². The Morgan fingerprint density at radius 3 is 2.30 bits per heavy atom. The molecule has 0 bridgehead atoms. The van der Waals surface area contributed by atoms with Gasteiger partial charge in [-0.05, 0) is 49.2 Å². The highest BCUT2D eigenvalue weighted by atomic mass is 35.5. The van der Waals surface area contributed by atoms with Crippen LogP contribution in [0.2, 0.25) is 5.02 Å². The summed E-state index contributed by atoms with van der Waals surface area (Å²) in [7, 11) is 0. The summed E-state index contributed by atoms with van der Waals surface area (Å²) in [5.74, 6) is 1.34. The molecule has 0 unspecified atom stereocenters. The molecule has 2 aliphatic rings. The Balaban J connectivity index is 1.12. The van der Waals surface area contributed by atoms with Crippen molar-refractivity contribution in [1.29, 1.82) is 0 Å². The van der Waals surface area contributed by atoms with Gasteiger partial charge in [-0.3, -0.25) is 4.79 Å². The highest BCUT2D eigenvalue weighted by molar-refractivity contribution is 6.31. The second kappa shape index (κ2) is 9.35. The van der Waals surface area contributed by atoms with Crippen LogP contribution in [0.25, 0.3) is 5.82 Å². The van der Waals surface area contributed by atoms with Crippen LogP contribution in [0.5, 0.6) is 0 Å². The maximum Gasteiger partial charge on any atom is 0.225 e. The Bertz CT molecular complexity index is 1090. The first kappa shape index (κ1) is 21.6. The van der Waals surface area contributed by atoms with Gasteiger partial charge in [0.05, 0.1) is 5.02 Å². The number of piperidine rings is 1. The molecule has 2 aromatic heterocycles. The molecule has 1 aromatic carbocycles. The number of nitrogens with zero attached hydrogens (tertiary/aromatic N) is 7. The molecular formula is C23H25ClFN7O. The van der Waals surface area contributed by atoms with Crippen LogP contribution in [0.15, 0.2) is 48.8 Å². The van der Waals surface area contributed by atoms with Gasteiger partial charge in [0.25, 0.3) is 0 Å². The summed E-state index contributed by atoms with van der Waals surface area (Å²) in [5, 5.41) is 12.9. The number of rotatable bonds is 4. The molecule has 8 nitrogen and oxygen atoms in total. The lowest BCUT2D eigenvalue weighted by Crippen LogP contribution is -2.51. The minimum atomic E-state index is -0.416. The maximum atomic E-state index is 13.4. The smallest absolute Gasteiger partial charge is 0.225 e. The zero-order valence-electron chi connectivity index (χ0n) is 18.1. The normalized spacial score (nSPS) is 17.5. The summed E-state index contributed by atoms with van der Waals surface area (Å²) < 4.78 is 15.1. The molecule has 0 radical (unpaired) electrons. The van der Waals surface area contributed by atoms with Gasteiger partial charge in [-0.1, -0.05) is 11.6 Å². The highest BCUT2D eigenvalue weighted by Crippen LogP contribution is 2.26. The molecule has 0 N–H and O–H groups in total. The number of piperazine rings is 1. The summed E-state index contributed by atoms with van der Waals surface area (Å²) in [5.41, 5.74) is 0.890. The van der Waals surface area contributed by atoms with Gasteiger partial charge in [0.1, 0.15) is 5.82 Å². The summed E-state index contributed by atoms with van der Waals surface area (Å²) in [6.07, 6.45) is 5.13. The topological polar surface area (TPSA) is 70.4 Å². The lowest BCUT2D eigenvalue weighted by Gasteiger charge is -2.39. The zero-order valence-corrected chi connectivity index (χ0v) is 18.9. The van der Waals surface area contributed by atoms with Gasteiger partial charge in [-0.2, -0.15) is 5.10 Å². The van der Waals surface area contributed by atoms with E-state index in [-0.39, 0.29) is 16.8 Å². The molecule has 0 atom stereocenters. The highest BCUT2D eigenvalue weighted by Gasteiger charge is 2.31. The van der Waals surface area contributed by atoms with Crippen LogP contribution >= 0.6 is 11.6 Å². The molecule has 2 fully saturated rings. The van der Waals surface area contributed by atoms with Crippen LogP contribution in [0, 0.1) is 11.7 Å². The number of benzene rings is 1. The Labute approximate surface area is 196 Å². The van der Waals surface area contributed by atoms with Gasteiger partial charge >= 0.3 is 0 Å². The molecule has 2 saturated heterocycles. The van der Waals surface area contributed by atoms with E-state index in [4.69, 9.17) is 11.6 Å². The summed E-state index contributed by atoms with van der Waals surface area (Å²) >= 11 is 5.92. The van der Waals surface area contributed by atoms with Crippen molar-refractivity contribution in [2.24, 2.45) is 5.92 Å². The number of carbonyl (C=O) groups excluding carboxylic acids is 1. The lowest BCUT2D eigenvalue weighted by atomic mass is 9.95. The number of amides is 1. The average Bonchev–Trinajstić information content (AvgIpc) is 3.41. The Morgan fingerprint density at radius 2 is 1.67 bits per heavy atom. The van der Waals surface area contributed by atoms with Crippen LogP contribution in [-0.2, 0) is 4.79 Å². The maximum absolute atomic E-state index is 13.4. The van der Waals surface area contributed by atoms with Crippen molar-refractivity contribution in [3.8, 4) is 5.82 Å². The number of anilines is 2. The minimum Gasteiger partial charge on any atom is -0.368 e. The van der Waals surface area contributed by atoms with Gasteiger partial charge in [-0.15, -0.1) is 10.2 Å². The number of hydrogen-bond acceptors (Lipinski definition) is 6. The minimum absolute atomic E-state index is 0.0318. The first-order valence-corrected chi connectivity index (χ1v) is 11.5. The fraction of sp³-hybridized carbons (Fsp3) is 0.391. The van der Waals surface area contributed by atoms with Crippen molar-refractivity contribution >= 4 is 29.0 Å². The molecule has 3 aromatic rings. The van der Waals surface area contributed by atoms with E-state index < -0.39 is 5.82 Å². The average molecular weight is 470 g/mol. The van der Waals surface area contributed by atoms with E-state index in [1.165, 1.54) is 6.07 Å². The standard InChI is InChI=1S/C23H25ClFN7O/c24-19-16-18(2-3-20(19)25)29-12-14-31(15-13-29)23(33)17-6-10-30(11-7-17)21-4-5-22(28-27-21)32-9-1-8-26-32/h1-5,8-9,16-17H,6-7,10-15H2. The number of hydrogen-bond donors (Lipinski definition) is 0. The van der Waals surface area contributed by atoms with Crippen LogP contribution in [0.4, 0.5) is 15.9 Å². The number of halogens is 2. The lowest BCUT2D eigenvalue weighted by molar-refractivity contribution is -0.136. The van der Waals surface area contributed by atoms with E-state index in [2.05, 4.69) is 25.1 Å². The van der Waals surface area contributed by atoms with Gasteiger partial charge in [0, 0.05) is 63.3 Å². The van der Waals surface area contributed by atoms with Gasteiger partial charge in [0.15, 0.2) is 11.6 Å². The molecule has 10 heteroatoms. The monoisotopic (exact) mass is 469 g/mol. The van der Waals surface area contributed by atoms with E-state index in [0.717, 1.165) is 37.4 Å². The first-order chi connectivity index (χ1) is 16.1.